The standard InChI is InChI=1S/C24H32N6/c1-18-6-4-8-20(14-18)16-29-12-10-21(11-13-29)28-24(25-3)26-15-22-17-30-19(2)7-5-9-23(30)27-22/h4-9,14,17,21H,10-13,15-16H2,1-3H3,(H2,25,26,28). The fourth-order valence-corrected chi connectivity index (χ4v) is 4.15. The second-order valence-electron chi connectivity index (χ2n) is 8.24. The van der Waals surface area contributed by atoms with Gasteiger partial charge in [-0.05, 0) is 44.4 Å². The van der Waals surface area contributed by atoms with E-state index in [0.29, 0.717) is 12.6 Å². The van der Waals surface area contributed by atoms with Crippen molar-refractivity contribution in [2.75, 3.05) is 20.1 Å². The molecule has 4 rings (SSSR count). The lowest BCUT2D eigenvalue weighted by Crippen LogP contribution is -2.48. The van der Waals surface area contributed by atoms with Crippen LogP contribution in [0, 0.1) is 13.8 Å². The molecule has 2 aromatic heterocycles. The molecule has 6 nitrogen and oxygen atoms in total. The predicted molar refractivity (Wildman–Crippen MR) is 123 cm³/mol. The highest BCUT2D eigenvalue weighted by Crippen LogP contribution is 2.15. The number of aliphatic imine (C=N–C) groups is 1. The number of aromatic nitrogens is 2. The van der Waals surface area contributed by atoms with Crippen LogP contribution < -0.4 is 10.6 Å². The number of guanidine groups is 1. The average Bonchev–Trinajstić information content (AvgIpc) is 3.17. The minimum atomic E-state index is 0.452. The van der Waals surface area contributed by atoms with Gasteiger partial charge in [-0.3, -0.25) is 9.89 Å². The first-order valence-corrected chi connectivity index (χ1v) is 10.8. The van der Waals surface area contributed by atoms with E-state index in [2.05, 4.69) is 75.3 Å². The molecule has 1 aliphatic heterocycles. The molecule has 0 amide bonds. The van der Waals surface area contributed by atoms with Crippen LogP contribution in [0.4, 0.5) is 0 Å². The number of nitrogens with one attached hydrogen (secondary N) is 2. The van der Waals surface area contributed by atoms with Crippen LogP contribution in [0.25, 0.3) is 5.65 Å². The molecule has 1 aromatic carbocycles. The van der Waals surface area contributed by atoms with Crippen LogP contribution in [0.15, 0.2) is 53.7 Å². The number of fused-ring (bicyclic) bond motifs is 1. The second-order valence-corrected chi connectivity index (χ2v) is 8.24. The van der Waals surface area contributed by atoms with Crippen LogP contribution >= 0.6 is 0 Å². The number of likely N-dealkylation sites (tertiary alicyclic amines) is 1. The summed E-state index contributed by atoms with van der Waals surface area (Å²) < 4.78 is 2.12. The normalized spacial score (nSPS) is 16.2. The quantitative estimate of drug-likeness (QED) is 0.506. The van der Waals surface area contributed by atoms with Gasteiger partial charge in [-0.25, -0.2) is 4.98 Å². The monoisotopic (exact) mass is 404 g/mol. The van der Waals surface area contributed by atoms with Gasteiger partial charge < -0.3 is 15.0 Å². The van der Waals surface area contributed by atoms with Gasteiger partial charge in [0, 0.05) is 44.6 Å². The third kappa shape index (κ3) is 5.00. The molecule has 2 N–H and O–H groups in total. The second kappa shape index (κ2) is 9.30. The van der Waals surface area contributed by atoms with Crippen molar-refractivity contribution >= 4 is 11.6 Å². The Morgan fingerprint density at radius 1 is 1.13 bits per heavy atom. The van der Waals surface area contributed by atoms with Crippen LogP contribution in [0.5, 0.6) is 0 Å². The first-order valence-electron chi connectivity index (χ1n) is 10.8. The van der Waals surface area contributed by atoms with Crippen LogP contribution in [0.3, 0.4) is 0 Å². The molecule has 0 saturated carbocycles. The molecular formula is C24H32N6. The zero-order valence-electron chi connectivity index (χ0n) is 18.2. The number of aryl methyl sites for hydroxylation is 2. The fourth-order valence-electron chi connectivity index (χ4n) is 4.15. The van der Waals surface area contributed by atoms with E-state index in [9.17, 15) is 0 Å². The minimum absolute atomic E-state index is 0.452. The molecule has 0 unspecified atom stereocenters. The molecule has 0 spiro atoms. The molecule has 6 heteroatoms. The van der Waals surface area contributed by atoms with Gasteiger partial charge in [0.1, 0.15) is 5.65 Å². The number of nitrogens with zero attached hydrogens (tertiary/aromatic N) is 4. The van der Waals surface area contributed by atoms with Crippen molar-refractivity contribution in [1.82, 2.24) is 24.9 Å². The van der Waals surface area contributed by atoms with Crippen molar-refractivity contribution in [1.29, 1.82) is 0 Å². The maximum atomic E-state index is 4.69. The van der Waals surface area contributed by atoms with Gasteiger partial charge in [-0.2, -0.15) is 0 Å². The molecule has 1 aliphatic rings. The number of hydrogen-bond acceptors (Lipinski definition) is 3. The first kappa shape index (κ1) is 20.4. The molecule has 1 saturated heterocycles. The van der Waals surface area contributed by atoms with Crippen molar-refractivity contribution in [2.24, 2.45) is 4.99 Å². The number of hydrogen-bond donors (Lipinski definition) is 2. The van der Waals surface area contributed by atoms with E-state index in [1.54, 1.807) is 0 Å². The van der Waals surface area contributed by atoms with Gasteiger partial charge in [0.25, 0.3) is 0 Å². The Labute approximate surface area is 179 Å². The van der Waals surface area contributed by atoms with Crippen LogP contribution in [-0.4, -0.2) is 46.4 Å². The average molecular weight is 405 g/mol. The lowest BCUT2D eigenvalue weighted by atomic mass is 10.0. The van der Waals surface area contributed by atoms with Crippen molar-refractivity contribution < 1.29 is 0 Å². The Balaban J connectivity index is 1.25. The Kier molecular flexibility index (Phi) is 6.33. The van der Waals surface area contributed by atoms with Gasteiger partial charge in [0.05, 0.1) is 12.2 Å². The molecule has 3 aromatic rings. The maximum absolute atomic E-state index is 4.69. The minimum Gasteiger partial charge on any atom is -0.354 e. The molecule has 0 radical (unpaired) electrons. The summed E-state index contributed by atoms with van der Waals surface area (Å²) in [6.45, 7) is 8.16. The lowest BCUT2D eigenvalue weighted by molar-refractivity contribution is 0.198. The highest BCUT2D eigenvalue weighted by Gasteiger charge is 2.20. The fraction of sp³-hybridized carbons (Fsp3) is 0.417. The Hall–Kier alpha value is -2.86. The summed E-state index contributed by atoms with van der Waals surface area (Å²) in [5, 5.41) is 7.01. The summed E-state index contributed by atoms with van der Waals surface area (Å²) in [6.07, 6.45) is 4.34. The van der Waals surface area contributed by atoms with Gasteiger partial charge >= 0.3 is 0 Å². The topological polar surface area (TPSA) is 57.0 Å². The maximum Gasteiger partial charge on any atom is 0.191 e. The van der Waals surface area contributed by atoms with E-state index in [1.165, 1.54) is 16.8 Å². The molecule has 0 bridgehead atoms. The number of imidazole rings is 1. The largest absolute Gasteiger partial charge is 0.354 e. The number of rotatable bonds is 5. The summed E-state index contributed by atoms with van der Waals surface area (Å²) in [5.41, 5.74) is 5.92. The smallest absolute Gasteiger partial charge is 0.191 e. The molecule has 3 heterocycles. The molecule has 1 fully saturated rings. The summed E-state index contributed by atoms with van der Waals surface area (Å²) in [7, 11) is 1.83. The SMILES string of the molecule is CN=C(NCc1cn2c(C)cccc2n1)NC1CCN(Cc2cccc(C)c2)CC1. The van der Waals surface area contributed by atoms with Crippen LogP contribution in [0.1, 0.15) is 35.4 Å². The third-order valence-corrected chi connectivity index (χ3v) is 5.82. The Bertz CT molecular complexity index is 1010. The van der Waals surface area contributed by atoms with Gasteiger partial charge in [-0.1, -0.05) is 35.9 Å². The summed E-state index contributed by atoms with van der Waals surface area (Å²) >= 11 is 0. The number of benzene rings is 1. The van der Waals surface area contributed by atoms with Crippen LogP contribution in [-0.2, 0) is 13.1 Å². The van der Waals surface area contributed by atoms with E-state index in [0.717, 1.165) is 49.8 Å². The Morgan fingerprint density at radius 3 is 2.67 bits per heavy atom. The molecule has 30 heavy (non-hydrogen) atoms. The first-order chi connectivity index (χ1) is 14.6. The van der Waals surface area contributed by atoms with Gasteiger partial charge in [0.2, 0.25) is 0 Å². The van der Waals surface area contributed by atoms with E-state index >= 15 is 0 Å². The van der Waals surface area contributed by atoms with E-state index in [-0.39, 0.29) is 0 Å². The zero-order chi connectivity index (χ0) is 20.9. The van der Waals surface area contributed by atoms with E-state index in [1.807, 2.05) is 19.2 Å². The number of piperidine rings is 1. The third-order valence-electron chi connectivity index (χ3n) is 5.82. The lowest BCUT2D eigenvalue weighted by Gasteiger charge is -2.33. The predicted octanol–water partition coefficient (Wildman–Crippen LogP) is 3.28. The summed E-state index contributed by atoms with van der Waals surface area (Å²) in [4.78, 5) is 11.6. The highest BCUT2D eigenvalue weighted by molar-refractivity contribution is 5.79. The summed E-state index contributed by atoms with van der Waals surface area (Å²) in [5.74, 6) is 0.848. The van der Waals surface area contributed by atoms with Crippen molar-refractivity contribution in [3.8, 4) is 0 Å². The van der Waals surface area contributed by atoms with E-state index < -0.39 is 0 Å². The molecule has 0 aliphatic carbocycles. The molecule has 0 atom stereocenters. The van der Waals surface area contributed by atoms with Gasteiger partial charge in [0.15, 0.2) is 5.96 Å². The van der Waals surface area contributed by atoms with Crippen molar-refractivity contribution in [3.63, 3.8) is 0 Å². The number of pyridine rings is 1. The van der Waals surface area contributed by atoms with Crippen molar-refractivity contribution in [3.05, 3.63) is 71.2 Å². The van der Waals surface area contributed by atoms with Crippen LogP contribution in [0.2, 0.25) is 0 Å². The summed E-state index contributed by atoms with van der Waals surface area (Å²) in [6, 6.07) is 15.5. The Morgan fingerprint density at radius 2 is 1.93 bits per heavy atom. The zero-order valence-corrected chi connectivity index (χ0v) is 18.2. The molecule has 158 valence electrons. The van der Waals surface area contributed by atoms with Gasteiger partial charge in [-0.15, -0.1) is 0 Å². The van der Waals surface area contributed by atoms with Crippen molar-refractivity contribution in [2.45, 2.75) is 45.8 Å². The van der Waals surface area contributed by atoms with E-state index in [4.69, 9.17) is 4.98 Å². The molecular weight excluding hydrogens is 372 g/mol. The highest BCUT2D eigenvalue weighted by atomic mass is 15.2.